The van der Waals surface area contributed by atoms with Gasteiger partial charge < -0.3 is 5.32 Å². The molecule has 0 heterocycles. The molecule has 0 aliphatic rings. The summed E-state index contributed by atoms with van der Waals surface area (Å²) in [4.78, 5) is 24.3. The lowest BCUT2D eigenvalue weighted by molar-refractivity contribution is -0.112. The molecule has 0 atom stereocenters. The smallest absolute Gasteiger partial charge is 0.268 e. The molecule has 2 aromatic rings. The van der Waals surface area contributed by atoms with E-state index in [4.69, 9.17) is 11.6 Å². The maximum Gasteiger partial charge on any atom is 0.268 e. The zero-order chi connectivity index (χ0) is 18.2. The van der Waals surface area contributed by atoms with Crippen LogP contribution in [0.4, 0.5) is 5.69 Å². The van der Waals surface area contributed by atoms with Crippen LogP contribution in [-0.2, 0) is 4.79 Å². The molecule has 1 amide bonds. The predicted molar refractivity (Wildman–Crippen MR) is 105 cm³/mol. The fourth-order valence-electron chi connectivity index (χ4n) is 1.86. The van der Waals surface area contributed by atoms with Gasteiger partial charge in [0.2, 0.25) is 0 Å². The first-order valence-electron chi connectivity index (χ1n) is 7.13. The number of para-hydroxylation sites is 1. The van der Waals surface area contributed by atoms with Crippen molar-refractivity contribution in [3.8, 4) is 6.07 Å². The highest BCUT2D eigenvalue weighted by Gasteiger charge is 2.16. The van der Waals surface area contributed by atoms with Gasteiger partial charge >= 0.3 is 0 Å². The van der Waals surface area contributed by atoms with Crippen LogP contribution in [-0.4, -0.2) is 17.4 Å². The minimum atomic E-state index is -0.625. The van der Waals surface area contributed by atoms with Gasteiger partial charge in [-0.1, -0.05) is 54.1 Å². The Kier molecular flexibility index (Phi) is 7.14. The van der Waals surface area contributed by atoms with Crippen LogP contribution in [0, 0.1) is 11.3 Å². The summed E-state index contributed by atoms with van der Waals surface area (Å²) in [5, 5.41) is 12.2. The number of nitriles is 1. The van der Waals surface area contributed by atoms with Crippen molar-refractivity contribution in [1.82, 2.24) is 0 Å². The van der Waals surface area contributed by atoms with Gasteiger partial charge in [-0.25, -0.2) is 0 Å². The zero-order valence-electron chi connectivity index (χ0n) is 12.9. The van der Waals surface area contributed by atoms with Gasteiger partial charge in [-0.2, -0.15) is 5.26 Å². The van der Waals surface area contributed by atoms with E-state index < -0.39 is 5.91 Å². The van der Waals surface area contributed by atoms with Crippen molar-refractivity contribution >= 4 is 53.4 Å². The van der Waals surface area contributed by atoms with Crippen molar-refractivity contribution in [2.45, 2.75) is 0 Å². The Labute approximate surface area is 160 Å². The summed E-state index contributed by atoms with van der Waals surface area (Å²) in [6.07, 6.45) is 0. The van der Waals surface area contributed by atoms with E-state index in [1.165, 1.54) is 0 Å². The van der Waals surface area contributed by atoms with Crippen LogP contribution < -0.4 is 5.32 Å². The van der Waals surface area contributed by atoms with Gasteiger partial charge in [-0.15, -0.1) is 24.4 Å². The Hall–Kier alpha value is -2.20. The summed E-state index contributed by atoms with van der Waals surface area (Å²) >= 11 is 11.2. The summed E-state index contributed by atoms with van der Waals surface area (Å²) in [6, 6.07) is 17.3. The number of carbonyl (C=O) groups excluding carboxylic acids is 2. The number of thiol groups is 1. The Morgan fingerprint density at radius 2 is 1.76 bits per heavy atom. The number of ketones is 1. The predicted octanol–water partition coefficient (Wildman–Crippen LogP) is 4.56. The monoisotopic (exact) mass is 388 g/mol. The zero-order valence-corrected chi connectivity index (χ0v) is 15.4. The van der Waals surface area contributed by atoms with Gasteiger partial charge in [0.15, 0.2) is 5.78 Å². The average molecular weight is 389 g/mol. The second-order valence-corrected chi connectivity index (χ2v) is 6.95. The van der Waals surface area contributed by atoms with Crippen LogP contribution in [0.1, 0.15) is 10.4 Å². The molecule has 0 unspecified atom stereocenters. The number of halogens is 1. The lowest BCUT2D eigenvalue weighted by atomic mass is 10.2. The number of hydrogen-bond acceptors (Lipinski definition) is 5. The van der Waals surface area contributed by atoms with Crippen LogP contribution in [0.25, 0.3) is 0 Å². The lowest BCUT2D eigenvalue weighted by Gasteiger charge is -2.08. The van der Waals surface area contributed by atoms with Gasteiger partial charge in [0.05, 0.1) is 20.7 Å². The third kappa shape index (κ3) is 5.40. The van der Waals surface area contributed by atoms with Crippen molar-refractivity contribution < 1.29 is 9.59 Å². The Bertz CT molecular complexity index is 861. The Morgan fingerprint density at radius 3 is 2.40 bits per heavy atom. The summed E-state index contributed by atoms with van der Waals surface area (Å²) in [6.45, 7) is 0. The highest BCUT2D eigenvalue weighted by Crippen LogP contribution is 2.26. The lowest BCUT2D eigenvalue weighted by Crippen LogP contribution is -2.14. The minimum Gasteiger partial charge on any atom is -0.320 e. The highest BCUT2D eigenvalue weighted by molar-refractivity contribution is 8.16. The van der Waals surface area contributed by atoms with Crippen LogP contribution in [0.2, 0.25) is 5.02 Å². The fourth-order valence-corrected chi connectivity index (χ4v) is 3.10. The Balaban J connectivity index is 2.07. The molecule has 0 saturated heterocycles. The number of rotatable bonds is 6. The number of carbonyl (C=O) groups is 2. The summed E-state index contributed by atoms with van der Waals surface area (Å²) in [5.74, 6) is -0.658. The molecule has 2 aromatic carbocycles. The summed E-state index contributed by atoms with van der Waals surface area (Å²) in [5.41, 5.74) is 0.790. The summed E-state index contributed by atoms with van der Waals surface area (Å²) < 4.78 is 0.177. The number of Topliss-reactive ketones (excluding diaryl/α,β-unsaturated/α-hetero) is 1. The van der Waals surface area contributed by atoms with Crippen molar-refractivity contribution in [3.05, 3.63) is 75.0 Å². The van der Waals surface area contributed by atoms with E-state index in [-0.39, 0.29) is 21.3 Å². The molecule has 4 nitrogen and oxygen atoms in total. The SMILES string of the molecule is N#CC(C(=O)Nc1ccccc1Cl)=C(S)SCC(=O)c1ccccc1. The standard InChI is InChI=1S/C18H13ClN2O2S2/c19-14-8-4-5-9-15(14)21-17(23)13(10-20)18(24)25-11-16(22)12-6-2-1-3-7-12/h1-9,24H,11H2,(H,21,23). The van der Waals surface area contributed by atoms with E-state index in [1.54, 1.807) is 48.5 Å². The molecule has 0 aliphatic carbocycles. The van der Waals surface area contributed by atoms with Crippen LogP contribution >= 0.6 is 36.0 Å². The number of nitrogens with zero attached hydrogens (tertiary/aromatic N) is 1. The Morgan fingerprint density at radius 1 is 1.12 bits per heavy atom. The third-order valence-corrected chi connectivity index (χ3v) is 4.94. The third-order valence-electron chi connectivity index (χ3n) is 3.11. The van der Waals surface area contributed by atoms with Crippen molar-refractivity contribution in [2.24, 2.45) is 0 Å². The van der Waals surface area contributed by atoms with Gasteiger partial charge in [0, 0.05) is 5.56 Å². The molecule has 25 heavy (non-hydrogen) atoms. The molecule has 0 spiro atoms. The molecule has 0 fully saturated rings. The maximum absolute atomic E-state index is 12.3. The quantitative estimate of drug-likeness (QED) is 0.329. The topological polar surface area (TPSA) is 70.0 Å². The van der Waals surface area contributed by atoms with Gasteiger partial charge in [-0.3, -0.25) is 9.59 Å². The molecule has 0 radical (unpaired) electrons. The number of nitrogens with one attached hydrogen (secondary N) is 1. The first-order chi connectivity index (χ1) is 12.0. The normalized spacial score (nSPS) is 11.2. The van der Waals surface area contributed by atoms with E-state index >= 15 is 0 Å². The minimum absolute atomic E-state index is 0.0768. The molecule has 0 aliphatic heterocycles. The summed E-state index contributed by atoms with van der Waals surface area (Å²) in [7, 11) is 0. The van der Waals surface area contributed by atoms with Crippen LogP contribution in [0.15, 0.2) is 64.4 Å². The average Bonchev–Trinajstić information content (AvgIpc) is 2.63. The van der Waals surface area contributed by atoms with Crippen molar-refractivity contribution in [1.29, 1.82) is 5.26 Å². The number of benzene rings is 2. The molecule has 2 rings (SSSR count). The molecule has 0 aromatic heterocycles. The molecule has 0 bridgehead atoms. The second kappa shape index (κ2) is 9.33. The molecule has 0 saturated carbocycles. The number of anilines is 1. The van der Waals surface area contributed by atoms with E-state index in [2.05, 4.69) is 17.9 Å². The van der Waals surface area contributed by atoms with E-state index in [0.29, 0.717) is 16.3 Å². The molecule has 126 valence electrons. The maximum atomic E-state index is 12.3. The largest absolute Gasteiger partial charge is 0.320 e. The van der Waals surface area contributed by atoms with E-state index in [1.807, 2.05) is 12.1 Å². The fraction of sp³-hybridized carbons (Fsp3) is 0.0556. The van der Waals surface area contributed by atoms with Gasteiger partial charge in [-0.05, 0) is 12.1 Å². The number of thioether (sulfide) groups is 1. The molecular formula is C18H13ClN2O2S2. The van der Waals surface area contributed by atoms with Crippen molar-refractivity contribution in [2.75, 3.05) is 11.1 Å². The molecular weight excluding hydrogens is 376 g/mol. The second-order valence-electron chi connectivity index (χ2n) is 4.80. The van der Waals surface area contributed by atoms with Gasteiger partial charge in [0.25, 0.3) is 5.91 Å². The first-order valence-corrected chi connectivity index (χ1v) is 8.94. The van der Waals surface area contributed by atoms with Gasteiger partial charge in [0.1, 0.15) is 11.6 Å². The van der Waals surface area contributed by atoms with E-state index in [0.717, 1.165) is 11.8 Å². The van der Waals surface area contributed by atoms with Crippen LogP contribution in [0.3, 0.4) is 0 Å². The van der Waals surface area contributed by atoms with E-state index in [9.17, 15) is 14.9 Å². The first kappa shape index (κ1) is 19.1. The number of hydrogen-bond donors (Lipinski definition) is 2. The van der Waals surface area contributed by atoms with Crippen LogP contribution in [0.5, 0.6) is 0 Å². The molecule has 1 N–H and O–H groups in total. The highest BCUT2D eigenvalue weighted by atomic mass is 35.5. The molecule has 7 heteroatoms. The number of amides is 1. The van der Waals surface area contributed by atoms with Crippen molar-refractivity contribution in [3.63, 3.8) is 0 Å².